The first kappa shape index (κ1) is 11.7. The van der Waals surface area contributed by atoms with Crippen LogP contribution < -0.4 is 5.32 Å². The van der Waals surface area contributed by atoms with Gasteiger partial charge in [0.15, 0.2) is 0 Å². The van der Waals surface area contributed by atoms with Crippen LogP contribution in [-0.4, -0.2) is 24.3 Å². The molecule has 1 saturated heterocycles. The van der Waals surface area contributed by atoms with E-state index in [1.54, 1.807) is 0 Å². The number of nitrogens with one attached hydrogen (secondary N) is 1. The Morgan fingerprint density at radius 3 is 2.94 bits per heavy atom. The molecule has 0 aromatic carbocycles. The first-order valence-corrected chi connectivity index (χ1v) is 6.14. The Labute approximate surface area is 97.8 Å². The minimum absolute atomic E-state index is 0.423. The molecule has 0 amide bonds. The van der Waals surface area contributed by atoms with Crippen molar-refractivity contribution in [3.63, 3.8) is 0 Å². The number of rotatable bonds is 4. The van der Waals surface area contributed by atoms with Crippen molar-refractivity contribution in [1.29, 1.82) is 0 Å². The third-order valence-electron chi connectivity index (χ3n) is 3.46. The van der Waals surface area contributed by atoms with E-state index in [1.807, 2.05) is 7.05 Å². The molecular weight excluding hydrogens is 200 g/mol. The van der Waals surface area contributed by atoms with Gasteiger partial charge in [-0.15, -0.1) is 0 Å². The van der Waals surface area contributed by atoms with E-state index in [2.05, 4.69) is 29.8 Å². The molecule has 0 unspecified atom stereocenters. The van der Waals surface area contributed by atoms with Gasteiger partial charge in [0.05, 0.1) is 6.10 Å². The Morgan fingerprint density at radius 2 is 2.31 bits per heavy atom. The van der Waals surface area contributed by atoms with Crippen LogP contribution in [-0.2, 0) is 17.8 Å². The molecule has 1 aromatic rings. The lowest BCUT2D eigenvalue weighted by atomic mass is 10.2. The molecule has 1 N–H and O–H groups in total. The molecule has 0 radical (unpaired) electrons. The second-order valence-corrected chi connectivity index (χ2v) is 4.67. The van der Waals surface area contributed by atoms with Crippen molar-refractivity contribution in [3.05, 3.63) is 23.0 Å². The molecule has 1 fully saturated rings. The summed E-state index contributed by atoms with van der Waals surface area (Å²) < 4.78 is 8.09. The predicted molar refractivity (Wildman–Crippen MR) is 65.6 cm³/mol. The van der Waals surface area contributed by atoms with Gasteiger partial charge in [0.1, 0.15) is 0 Å². The number of hydrogen-bond donors (Lipinski definition) is 1. The van der Waals surface area contributed by atoms with Gasteiger partial charge < -0.3 is 14.6 Å². The van der Waals surface area contributed by atoms with E-state index in [0.717, 1.165) is 19.7 Å². The highest BCUT2D eigenvalue weighted by Crippen LogP contribution is 2.20. The maximum atomic E-state index is 5.70. The van der Waals surface area contributed by atoms with Crippen molar-refractivity contribution >= 4 is 0 Å². The fourth-order valence-electron chi connectivity index (χ4n) is 2.51. The number of aryl methyl sites for hydroxylation is 1. The zero-order valence-electron chi connectivity index (χ0n) is 10.5. The topological polar surface area (TPSA) is 26.2 Å². The molecule has 0 bridgehead atoms. The molecule has 1 atom stereocenters. The van der Waals surface area contributed by atoms with Gasteiger partial charge in [0, 0.05) is 31.1 Å². The predicted octanol–water partition coefficient (Wildman–Crippen LogP) is 2.00. The summed E-state index contributed by atoms with van der Waals surface area (Å²) in [5.74, 6) is 0. The van der Waals surface area contributed by atoms with E-state index in [-0.39, 0.29) is 0 Å². The lowest BCUT2D eigenvalue weighted by Crippen LogP contribution is -2.17. The molecule has 1 aliphatic heterocycles. The first-order valence-electron chi connectivity index (χ1n) is 6.14. The summed E-state index contributed by atoms with van der Waals surface area (Å²) in [7, 11) is 1.99. The van der Waals surface area contributed by atoms with Crippen LogP contribution in [0.2, 0.25) is 0 Å². The van der Waals surface area contributed by atoms with E-state index in [1.165, 1.54) is 29.8 Å². The largest absolute Gasteiger partial charge is 0.376 e. The molecule has 2 rings (SSSR count). The van der Waals surface area contributed by atoms with E-state index in [0.29, 0.717) is 6.10 Å². The monoisotopic (exact) mass is 222 g/mol. The van der Waals surface area contributed by atoms with Crippen LogP contribution in [0.1, 0.15) is 29.8 Å². The molecule has 0 saturated carbocycles. The molecular formula is C13H22N2O. The summed E-state index contributed by atoms with van der Waals surface area (Å²) in [4.78, 5) is 0. The number of hydrogen-bond acceptors (Lipinski definition) is 2. The van der Waals surface area contributed by atoms with Crippen molar-refractivity contribution in [2.24, 2.45) is 0 Å². The van der Waals surface area contributed by atoms with Crippen LogP contribution in [0.4, 0.5) is 0 Å². The van der Waals surface area contributed by atoms with Gasteiger partial charge in [0.25, 0.3) is 0 Å². The van der Waals surface area contributed by atoms with Crippen LogP contribution in [0.3, 0.4) is 0 Å². The third kappa shape index (κ3) is 2.30. The van der Waals surface area contributed by atoms with Crippen LogP contribution in [0.25, 0.3) is 0 Å². The molecule has 3 heteroatoms. The first-order chi connectivity index (χ1) is 7.72. The summed E-state index contributed by atoms with van der Waals surface area (Å²) in [6, 6.07) is 2.28. The second kappa shape index (κ2) is 5.02. The SMILES string of the molecule is CNCc1cc(C)n(C[C@H]2CCCO2)c1C. The third-order valence-corrected chi connectivity index (χ3v) is 3.46. The fourth-order valence-corrected chi connectivity index (χ4v) is 2.51. The van der Waals surface area contributed by atoms with E-state index < -0.39 is 0 Å². The molecule has 16 heavy (non-hydrogen) atoms. The van der Waals surface area contributed by atoms with Crippen LogP contribution in [0.15, 0.2) is 6.07 Å². The van der Waals surface area contributed by atoms with Gasteiger partial charge in [-0.2, -0.15) is 0 Å². The maximum Gasteiger partial charge on any atom is 0.0754 e. The second-order valence-electron chi connectivity index (χ2n) is 4.67. The summed E-state index contributed by atoms with van der Waals surface area (Å²) in [6.07, 6.45) is 2.85. The van der Waals surface area contributed by atoms with Crippen molar-refractivity contribution in [2.45, 2.75) is 45.9 Å². The van der Waals surface area contributed by atoms with Gasteiger partial charge in [-0.1, -0.05) is 0 Å². The number of aromatic nitrogens is 1. The molecule has 1 aromatic heterocycles. The fraction of sp³-hybridized carbons (Fsp3) is 0.692. The Kier molecular flexibility index (Phi) is 3.66. The summed E-state index contributed by atoms with van der Waals surface area (Å²) in [5, 5.41) is 3.21. The summed E-state index contributed by atoms with van der Waals surface area (Å²) in [6.45, 7) is 7.29. The van der Waals surface area contributed by atoms with Crippen LogP contribution in [0, 0.1) is 13.8 Å². The maximum absolute atomic E-state index is 5.70. The Bertz CT molecular complexity index is 351. The average molecular weight is 222 g/mol. The van der Waals surface area contributed by atoms with Gasteiger partial charge in [0.2, 0.25) is 0 Å². The van der Waals surface area contributed by atoms with Crippen molar-refractivity contribution in [3.8, 4) is 0 Å². The van der Waals surface area contributed by atoms with Crippen molar-refractivity contribution in [2.75, 3.05) is 13.7 Å². The molecule has 3 nitrogen and oxygen atoms in total. The quantitative estimate of drug-likeness (QED) is 0.843. The zero-order valence-corrected chi connectivity index (χ0v) is 10.5. The van der Waals surface area contributed by atoms with Gasteiger partial charge in [-0.3, -0.25) is 0 Å². The molecule has 1 aliphatic rings. The minimum Gasteiger partial charge on any atom is -0.376 e. The number of ether oxygens (including phenoxy) is 1. The lowest BCUT2D eigenvalue weighted by Gasteiger charge is -2.14. The van der Waals surface area contributed by atoms with E-state index in [9.17, 15) is 0 Å². The van der Waals surface area contributed by atoms with Crippen LogP contribution >= 0.6 is 0 Å². The van der Waals surface area contributed by atoms with Crippen LogP contribution in [0.5, 0.6) is 0 Å². The van der Waals surface area contributed by atoms with Gasteiger partial charge in [-0.05, 0) is 45.4 Å². The van der Waals surface area contributed by atoms with Crippen molar-refractivity contribution in [1.82, 2.24) is 9.88 Å². The highest BCUT2D eigenvalue weighted by atomic mass is 16.5. The molecule has 0 aliphatic carbocycles. The molecule has 2 heterocycles. The highest BCUT2D eigenvalue weighted by molar-refractivity contribution is 5.26. The van der Waals surface area contributed by atoms with E-state index >= 15 is 0 Å². The smallest absolute Gasteiger partial charge is 0.0754 e. The Morgan fingerprint density at radius 1 is 1.50 bits per heavy atom. The number of nitrogens with zero attached hydrogens (tertiary/aromatic N) is 1. The Balaban J connectivity index is 2.12. The van der Waals surface area contributed by atoms with Gasteiger partial charge in [-0.25, -0.2) is 0 Å². The van der Waals surface area contributed by atoms with Crippen molar-refractivity contribution < 1.29 is 4.74 Å². The molecule has 90 valence electrons. The standard InChI is InChI=1S/C13H22N2O/c1-10-7-12(8-14-3)11(2)15(10)9-13-5-4-6-16-13/h7,13-14H,4-6,8-9H2,1-3H3/t13-/m1/s1. The highest BCUT2D eigenvalue weighted by Gasteiger charge is 2.18. The lowest BCUT2D eigenvalue weighted by molar-refractivity contribution is 0.0961. The van der Waals surface area contributed by atoms with Gasteiger partial charge >= 0.3 is 0 Å². The zero-order chi connectivity index (χ0) is 11.5. The summed E-state index contributed by atoms with van der Waals surface area (Å²) >= 11 is 0. The normalized spacial score (nSPS) is 20.6. The Hall–Kier alpha value is -0.800. The minimum atomic E-state index is 0.423. The van der Waals surface area contributed by atoms with E-state index in [4.69, 9.17) is 4.74 Å². The molecule has 0 spiro atoms. The summed E-state index contributed by atoms with van der Waals surface area (Å²) in [5.41, 5.74) is 4.12. The average Bonchev–Trinajstić information content (AvgIpc) is 2.84.